The highest BCUT2D eigenvalue weighted by Crippen LogP contribution is 2.23. The fourth-order valence-electron chi connectivity index (χ4n) is 2.40. The van der Waals surface area contributed by atoms with E-state index in [1.807, 2.05) is 0 Å². The minimum atomic E-state index is -0.912. The number of carbonyl (C=O) groups is 1. The molecule has 0 aliphatic carbocycles. The summed E-state index contributed by atoms with van der Waals surface area (Å²) in [4.78, 5) is 10.9. The van der Waals surface area contributed by atoms with Gasteiger partial charge in [-0.15, -0.1) is 17.5 Å². The molecule has 1 aromatic carbocycles. The quantitative estimate of drug-likeness (QED) is 0.894. The first-order chi connectivity index (χ1) is 10.0. The highest BCUT2D eigenvalue weighted by Gasteiger charge is 2.30. The summed E-state index contributed by atoms with van der Waals surface area (Å²) in [6.45, 7) is 0.456. The molecule has 0 bridgehead atoms. The van der Waals surface area contributed by atoms with Crippen LogP contribution < -0.4 is 5.32 Å². The lowest BCUT2D eigenvalue weighted by Gasteiger charge is -2.07. The Bertz CT molecular complexity index is 674. The zero-order chi connectivity index (χ0) is 15.0. The minimum Gasteiger partial charge on any atom is -0.480 e. The summed E-state index contributed by atoms with van der Waals surface area (Å²) in [5, 5.41) is 19.6. The van der Waals surface area contributed by atoms with Crippen molar-refractivity contribution in [2.24, 2.45) is 0 Å². The monoisotopic (exact) mass is 330 g/mol. The second-order valence-electron chi connectivity index (χ2n) is 4.93. The third kappa shape index (κ3) is 3.23. The molecule has 0 amide bonds. The van der Waals surface area contributed by atoms with E-state index in [9.17, 15) is 13.6 Å². The van der Waals surface area contributed by atoms with Crippen molar-refractivity contribution in [3.63, 3.8) is 0 Å². The average molecular weight is 331 g/mol. The molecule has 3 rings (SSSR count). The van der Waals surface area contributed by atoms with E-state index in [0.29, 0.717) is 24.2 Å². The number of carboxylic acid groups (broad SMARTS) is 1. The smallest absolute Gasteiger partial charge is 0.320 e. The van der Waals surface area contributed by atoms with Crippen molar-refractivity contribution in [3.8, 4) is 11.3 Å². The van der Waals surface area contributed by atoms with Gasteiger partial charge in [0.1, 0.15) is 23.4 Å². The first-order valence-corrected chi connectivity index (χ1v) is 6.37. The van der Waals surface area contributed by atoms with Crippen molar-refractivity contribution in [2.75, 3.05) is 6.54 Å². The number of nitrogens with one attached hydrogen (secondary N) is 1. The maximum absolute atomic E-state index is 13.2. The van der Waals surface area contributed by atoms with Gasteiger partial charge in [-0.05, 0) is 18.6 Å². The number of nitrogens with zero attached hydrogens (tertiary/aromatic N) is 3. The van der Waals surface area contributed by atoms with Gasteiger partial charge in [0.05, 0.1) is 12.2 Å². The van der Waals surface area contributed by atoms with Crippen molar-refractivity contribution in [1.29, 1.82) is 0 Å². The minimum absolute atomic E-state index is 0. The summed E-state index contributed by atoms with van der Waals surface area (Å²) in [5.74, 6) is -2.29. The van der Waals surface area contributed by atoms with Gasteiger partial charge in [0.15, 0.2) is 0 Å². The molecule has 6 nitrogen and oxygen atoms in total. The Morgan fingerprint density at radius 1 is 1.32 bits per heavy atom. The number of halogens is 3. The molecule has 1 aromatic heterocycles. The molecule has 9 heteroatoms. The van der Waals surface area contributed by atoms with Crippen LogP contribution in [0.2, 0.25) is 0 Å². The topological polar surface area (TPSA) is 80.0 Å². The van der Waals surface area contributed by atoms with Crippen molar-refractivity contribution >= 4 is 18.4 Å². The summed E-state index contributed by atoms with van der Waals surface area (Å²) in [6.07, 6.45) is 1.94. The normalized spacial score (nSPS) is 20.6. The van der Waals surface area contributed by atoms with Crippen LogP contribution in [0.1, 0.15) is 12.5 Å². The number of carboxylic acids is 1. The summed E-state index contributed by atoms with van der Waals surface area (Å²) in [6, 6.07) is 2.36. The Labute approximate surface area is 130 Å². The van der Waals surface area contributed by atoms with Crippen LogP contribution in [0.25, 0.3) is 11.3 Å². The van der Waals surface area contributed by atoms with Crippen LogP contribution in [-0.4, -0.2) is 38.7 Å². The number of aromatic nitrogens is 3. The standard InChI is InChI=1S/C13H12F2N4O2.ClH/c14-8-1-7(2-9(15)3-8)12-6-19(18-17-12)10-4-11(13(20)21)16-5-10;/h1-3,6,10-11,16H,4-5H2,(H,20,21);1H/t10-,11-;/m0./s1. The van der Waals surface area contributed by atoms with Crippen LogP contribution in [0.5, 0.6) is 0 Å². The molecular formula is C13H13ClF2N4O2. The Morgan fingerprint density at radius 2 is 2.00 bits per heavy atom. The van der Waals surface area contributed by atoms with E-state index < -0.39 is 23.6 Å². The Hall–Kier alpha value is -2.06. The van der Waals surface area contributed by atoms with Gasteiger partial charge in [0.2, 0.25) is 0 Å². The number of hydrogen-bond acceptors (Lipinski definition) is 4. The number of aliphatic carboxylic acids is 1. The summed E-state index contributed by atoms with van der Waals surface area (Å²) < 4.78 is 27.9. The van der Waals surface area contributed by atoms with Gasteiger partial charge < -0.3 is 10.4 Å². The zero-order valence-corrected chi connectivity index (χ0v) is 12.1. The van der Waals surface area contributed by atoms with Crippen LogP contribution in [0.4, 0.5) is 8.78 Å². The molecule has 0 unspecified atom stereocenters. The molecular weight excluding hydrogens is 318 g/mol. The Kier molecular flexibility index (Phi) is 4.72. The highest BCUT2D eigenvalue weighted by atomic mass is 35.5. The van der Waals surface area contributed by atoms with Gasteiger partial charge in [-0.3, -0.25) is 4.79 Å². The van der Waals surface area contributed by atoms with Crippen LogP contribution in [0.3, 0.4) is 0 Å². The van der Waals surface area contributed by atoms with Crippen molar-refractivity contribution < 1.29 is 18.7 Å². The molecule has 1 aliphatic rings. The zero-order valence-electron chi connectivity index (χ0n) is 11.2. The Morgan fingerprint density at radius 3 is 2.59 bits per heavy atom. The van der Waals surface area contributed by atoms with Crippen LogP contribution in [0.15, 0.2) is 24.4 Å². The lowest BCUT2D eigenvalue weighted by atomic mass is 10.1. The van der Waals surface area contributed by atoms with Crippen LogP contribution in [0, 0.1) is 11.6 Å². The molecule has 0 spiro atoms. The van der Waals surface area contributed by atoms with E-state index in [1.165, 1.54) is 16.8 Å². The fourth-order valence-corrected chi connectivity index (χ4v) is 2.40. The molecule has 0 radical (unpaired) electrons. The molecule has 1 fully saturated rings. The molecule has 2 heterocycles. The molecule has 0 saturated carbocycles. The fraction of sp³-hybridized carbons (Fsp3) is 0.308. The van der Waals surface area contributed by atoms with Gasteiger partial charge in [0.25, 0.3) is 0 Å². The molecule has 118 valence electrons. The first kappa shape index (κ1) is 16.3. The highest BCUT2D eigenvalue weighted by molar-refractivity contribution is 5.85. The predicted molar refractivity (Wildman–Crippen MR) is 75.7 cm³/mol. The maximum Gasteiger partial charge on any atom is 0.320 e. The second-order valence-corrected chi connectivity index (χ2v) is 4.93. The lowest BCUT2D eigenvalue weighted by molar-refractivity contribution is -0.139. The maximum atomic E-state index is 13.2. The molecule has 22 heavy (non-hydrogen) atoms. The third-order valence-corrected chi connectivity index (χ3v) is 3.45. The number of rotatable bonds is 3. The van der Waals surface area contributed by atoms with E-state index in [0.717, 1.165) is 6.07 Å². The predicted octanol–water partition coefficient (Wildman–Crippen LogP) is 1.63. The third-order valence-electron chi connectivity index (χ3n) is 3.45. The van der Waals surface area contributed by atoms with E-state index >= 15 is 0 Å². The molecule has 2 atom stereocenters. The summed E-state index contributed by atoms with van der Waals surface area (Å²) >= 11 is 0. The van der Waals surface area contributed by atoms with Gasteiger partial charge in [-0.1, -0.05) is 5.21 Å². The van der Waals surface area contributed by atoms with Gasteiger partial charge in [-0.2, -0.15) is 0 Å². The molecule has 2 aromatic rings. The molecule has 2 N–H and O–H groups in total. The molecule has 1 saturated heterocycles. The van der Waals surface area contributed by atoms with Crippen LogP contribution in [-0.2, 0) is 4.79 Å². The second kappa shape index (κ2) is 6.37. The number of hydrogen-bond donors (Lipinski definition) is 2. The average Bonchev–Trinajstić information content (AvgIpc) is 3.07. The van der Waals surface area contributed by atoms with E-state index in [4.69, 9.17) is 5.11 Å². The van der Waals surface area contributed by atoms with E-state index in [-0.39, 0.29) is 18.4 Å². The summed E-state index contributed by atoms with van der Waals surface area (Å²) in [5.41, 5.74) is 0.631. The van der Waals surface area contributed by atoms with E-state index in [2.05, 4.69) is 15.6 Å². The summed E-state index contributed by atoms with van der Waals surface area (Å²) in [7, 11) is 0. The SMILES string of the molecule is Cl.O=C(O)[C@@H]1C[C@H](n2cc(-c3cc(F)cc(F)c3)nn2)CN1. The lowest BCUT2D eigenvalue weighted by Crippen LogP contribution is -2.29. The van der Waals surface area contributed by atoms with Gasteiger partial charge in [0, 0.05) is 18.2 Å². The van der Waals surface area contributed by atoms with E-state index in [1.54, 1.807) is 6.20 Å². The number of benzene rings is 1. The largest absolute Gasteiger partial charge is 0.480 e. The molecule has 1 aliphatic heterocycles. The van der Waals surface area contributed by atoms with Crippen molar-refractivity contribution in [2.45, 2.75) is 18.5 Å². The Balaban J connectivity index is 0.00000176. The first-order valence-electron chi connectivity index (χ1n) is 6.37. The van der Waals surface area contributed by atoms with Gasteiger partial charge >= 0.3 is 5.97 Å². The van der Waals surface area contributed by atoms with Crippen LogP contribution >= 0.6 is 12.4 Å². The van der Waals surface area contributed by atoms with Crippen molar-refractivity contribution in [1.82, 2.24) is 20.3 Å². The van der Waals surface area contributed by atoms with Gasteiger partial charge in [-0.25, -0.2) is 13.5 Å². The van der Waals surface area contributed by atoms with Crippen molar-refractivity contribution in [3.05, 3.63) is 36.0 Å².